The van der Waals surface area contributed by atoms with Crippen molar-refractivity contribution in [2.75, 3.05) is 0 Å². The minimum atomic E-state index is -0.933. The molecule has 0 aliphatic carbocycles. The molecule has 106 valence electrons. The summed E-state index contributed by atoms with van der Waals surface area (Å²) in [6.07, 6.45) is 3.56. The summed E-state index contributed by atoms with van der Waals surface area (Å²) in [6, 6.07) is 5.17. The second kappa shape index (κ2) is 5.77. The number of nitrogens with zero attached hydrogens (tertiary/aromatic N) is 2. The molecule has 1 aromatic heterocycles. The fraction of sp³-hybridized carbons (Fsp3) is 0.333. The van der Waals surface area contributed by atoms with Gasteiger partial charge in [0.25, 0.3) is 0 Å². The second-order valence-corrected chi connectivity index (χ2v) is 4.96. The summed E-state index contributed by atoms with van der Waals surface area (Å²) in [7, 11) is 0. The van der Waals surface area contributed by atoms with E-state index in [1.54, 1.807) is 30.7 Å². The van der Waals surface area contributed by atoms with Crippen LogP contribution in [0.4, 0.5) is 0 Å². The van der Waals surface area contributed by atoms with Crippen LogP contribution in [0.1, 0.15) is 41.5 Å². The van der Waals surface area contributed by atoms with E-state index in [0.29, 0.717) is 18.4 Å². The second-order valence-electron chi connectivity index (χ2n) is 4.96. The zero-order valence-corrected chi connectivity index (χ0v) is 11.8. The maximum atomic E-state index is 10.9. The Labute approximate surface area is 117 Å². The van der Waals surface area contributed by atoms with Gasteiger partial charge in [0.2, 0.25) is 0 Å². The number of imidazole rings is 1. The van der Waals surface area contributed by atoms with Gasteiger partial charge >= 0.3 is 5.97 Å². The molecule has 1 N–H and O–H groups in total. The third-order valence-electron chi connectivity index (χ3n) is 3.10. The van der Waals surface area contributed by atoms with Gasteiger partial charge in [-0.3, -0.25) is 0 Å². The molecule has 1 heterocycles. The SMILES string of the molecule is Cc1cc(C(=O)O)ccc1OCc1cncn1C(C)C. The minimum absolute atomic E-state index is 0.266. The molecule has 0 unspecified atom stereocenters. The molecule has 0 atom stereocenters. The summed E-state index contributed by atoms with van der Waals surface area (Å²) in [6.45, 7) is 6.41. The molecule has 0 saturated heterocycles. The summed E-state index contributed by atoms with van der Waals surface area (Å²) in [4.78, 5) is 15.0. The van der Waals surface area contributed by atoms with Crippen molar-refractivity contribution in [3.63, 3.8) is 0 Å². The van der Waals surface area contributed by atoms with Crippen molar-refractivity contribution in [3.8, 4) is 5.75 Å². The molecule has 1 aromatic carbocycles. The van der Waals surface area contributed by atoms with E-state index in [1.165, 1.54) is 0 Å². The van der Waals surface area contributed by atoms with Crippen molar-refractivity contribution in [2.45, 2.75) is 33.4 Å². The van der Waals surface area contributed by atoms with Crippen LogP contribution in [-0.2, 0) is 6.61 Å². The Morgan fingerprint density at radius 1 is 1.45 bits per heavy atom. The van der Waals surface area contributed by atoms with Crippen LogP contribution >= 0.6 is 0 Å². The van der Waals surface area contributed by atoms with Crippen molar-refractivity contribution < 1.29 is 14.6 Å². The first kappa shape index (κ1) is 14.1. The van der Waals surface area contributed by atoms with Crippen molar-refractivity contribution >= 4 is 5.97 Å². The van der Waals surface area contributed by atoms with Crippen LogP contribution < -0.4 is 4.74 Å². The highest BCUT2D eigenvalue weighted by Gasteiger charge is 2.09. The number of carbonyl (C=O) groups is 1. The summed E-state index contributed by atoms with van der Waals surface area (Å²) in [5, 5.41) is 8.93. The third-order valence-corrected chi connectivity index (χ3v) is 3.10. The summed E-state index contributed by atoms with van der Waals surface area (Å²) < 4.78 is 7.80. The van der Waals surface area contributed by atoms with Crippen LogP contribution in [0.3, 0.4) is 0 Å². The topological polar surface area (TPSA) is 64.3 Å². The normalized spacial score (nSPS) is 10.8. The maximum Gasteiger partial charge on any atom is 0.335 e. The number of carboxylic acids is 1. The van der Waals surface area contributed by atoms with Gasteiger partial charge < -0.3 is 14.4 Å². The first-order chi connectivity index (χ1) is 9.49. The molecule has 0 aliphatic heterocycles. The van der Waals surface area contributed by atoms with Gasteiger partial charge in [-0.05, 0) is 44.5 Å². The van der Waals surface area contributed by atoms with Crippen LogP contribution in [0.2, 0.25) is 0 Å². The number of aromatic nitrogens is 2. The number of hydrogen-bond donors (Lipinski definition) is 1. The van der Waals surface area contributed by atoms with E-state index in [4.69, 9.17) is 9.84 Å². The van der Waals surface area contributed by atoms with Gasteiger partial charge in [0, 0.05) is 6.04 Å². The average molecular weight is 274 g/mol. The van der Waals surface area contributed by atoms with Crippen LogP contribution in [0, 0.1) is 6.92 Å². The maximum absolute atomic E-state index is 10.9. The Bertz CT molecular complexity index is 617. The highest BCUT2D eigenvalue weighted by atomic mass is 16.5. The molecule has 0 aliphatic rings. The van der Waals surface area contributed by atoms with E-state index in [-0.39, 0.29) is 5.56 Å². The fourth-order valence-corrected chi connectivity index (χ4v) is 2.00. The van der Waals surface area contributed by atoms with Crippen LogP contribution in [0.5, 0.6) is 5.75 Å². The van der Waals surface area contributed by atoms with Crippen LogP contribution in [-0.4, -0.2) is 20.6 Å². The molecule has 0 radical (unpaired) electrons. The fourth-order valence-electron chi connectivity index (χ4n) is 2.00. The molecule has 20 heavy (non-hydrogen) atoms. The molecule has 0 fully saturated rings. The highest BCUT2D eigenvalue weighted by molar-refractivity contribution is 5.88. The molecule has 5 heteroatoms. The van der Waals surface area contributed by atoms with Crippen LogP contribution in [0.25, 0.3) is 0 Å². The quantitative estimate of drug-likeness (QED) is 0.910. The van der Waals surface area contributed by atoms with Crippen molar-refractivity contribution in [1.82, 2.24) is 9.55 Å². The largest absolute Gasteiger partial charge is 0.487 e. The van der Waals surface area contributed by atoms with Gasteiger partial charge in [0.15, 0.2) is 0 Å². The van der Waals surface area contributed by atoms with Crippen molar-refractivity contribution in [2.24, 2.45) is 0 Å². The number of aryl methyl sites for hydroxylation is 1. The molecule has 0 saturated carbocycles. The number of aromatic carboxylic acids is 1. The standard InChI is InChI=1S/C15H18N2O3/c1-10(2)17-9-16-7-13(17)8-20-14-5-4-12(15(18)19)6-11(14)3/h4-7,9-10H,8H2,1-3H3,(H,18,19). The zero-order valence-electron chi connectivity index (χ0n) is 11.8. The molecule has 0 amide bonds. The number of hydrogen-bond acceptors (Lipinski definition) is 3. The van der Waals surface area contributed by atoms with E-state index < -0.39 is 5.97 Å². The lowest BCUT2D eigenvalue weighted by Gasteiger charge is -2.13. The van der Waals surface area contributed by atoms with E-state index in [9.17, 15) is 4.79 Å². The van der Waals surface area contributed by atoms with Crippen molar-refractivity contribution in [1.29, 1.82) is 0 Å². The van der Waals surface area contributed by atoms with E-state index >= 15 is 0 Å². The highest BCUT2D eigenvalue weighted by Crippen LogP contribution is 2.21. The lowest BCUT2D eigenvalue weighted by molar-refractivity contribution is 0.0696. The predicted octanol–water partition coefficient (Wildman–Crippen LogP) is 3.05. The smallest absolute Gasteiger partial charge is 0.335 e. The number of carboxylic acid groups (broad SMARTS) is 1. The molecule has 2 rings (SSSR count). The number of ether oxygens (including phenoxy) is 1. The zero-order chi connectivity index (χ0) is 14.7. The Morgan fingerprint density at radius 3 is 2.80 bits per heavy atom. The van der Waals surface area contributed by atoms with Gasteiger partial charge in [0.05, 0.1) is 23.8 Å². The van der Waals surface area contributed by atoms with Gasteiger partial charge in [0.1, 0.15) is 12.4 Å². The van der Waals surface area contributed by atoms with E-state index in [1.807, 2.05) is 11.5 Å². The lowest BCUT2D eigenvalue weighted by atomic mass is 10.1. The molecular weight excluding hydrogens is 256 g/mol. The summed E-state index contributed by atoms with van der Waals surface area (Å²) in [5.74, 6) is -0.246. The van der Waals surface area contributed by atoms with Gasteiger partial charge in [-0.15, -0.1) is 0 Å². The summed E-state index contributed by atoms with van der Waals surface area (Å²) >= 11 is 0. The Hall–Kier alpha value is -2.30. The average Bonchev–Trinajstić information content (AvgIpc) is 2.85. The van der Waals surface area contributed by atoms with Crippen molar-refractivity contribution in [3.05, 3.63) is 47.5 Å². The molecule has 0 spiro atoms. The monoisotopic (exact) mass is 274 g/mol. The van der Waals surface area contributed by atoms with Gasteiger partial charge in [-0.1, -0.05) is 0 Å². The Kier molecular flexibility index (Phi) is 4.08. The Morgan fingerprint density at radius 2 is 2.20 bits per heavy atom. The minimum Gasteiger partial charge on any atom is -0.487 e. The predicted molar refractivity (Wildman–Crippen MR) is 75.1 cm³/mol. The van der Waals surface area contributed by atoms with Gasteiger partial charge in [-0.2, -0.15) is 0 Å². The molecule has 2 aromatic rings. The van der Waals surface area contributed by atoms with Crippen LogP contribution in [0.15, 0.2) is 30.7 Å². The number of benzene rings is 1. The molecule has 5 nitrogen and oxygen atoms in total. The van der Waals surface area contributed by atoms with E-state index in [2.05, 4.69) is 18.8 Å². The molecular formula is C15H18N2O3. The number of rotatable bonds is 5. The van der Waals surface area contributed by atoms with E-state index in [0.717, 1.165) is 11.3 Å². The Balaban J connectivity index is 2.11. The lowest BCUT2D eigenvalue weighted by Crippen LogP contribution is -2.08. The van der Waals surface area contributed by atoms with Gasteiger partial charge in [-0.25, -0.2) is 9.78 Å². The third kappa shape index (κ3) is 2.99. The first-order valence-electron chi connectivity index (χ1n) is 6.46. The molecule has 0 bridgehead atoms. The first-order valence-corrected chi connectivity index (χ1v) is 6.46. The summed E-state index contributed by atoms with van der Waals surface area (Å²) in [5.41, 5.74) is 2.06.